The summed E-state index contributed by atoms with van der Waals surface area (Å²) >= 11 is 6.02. The van der Waals surface area contributed by atoms with Gasteiger partial charge in [-0.25, -0.2) is 9.48 Å². The summed E-state index contributed by atoms with van der Waals surface area (Å²) in [7, 11) is 1.68. The minimum absolute atomic E-state index is 0.169. The second kappa shape index (κ2) is 10.9. The van der Waals surface area contributed by atoms with Gasteiger partial charge >= 0.3 is 5.97 Å². The normalized spacial score (nSPS) is 12.8. The van der Waals surface area contributed by atoms with Crippen molar-refractivity contribution in [1.82, 2.24) is 14.7 Å². The lowest BCUT2D eigenvalue weighted by Crippen LogP contribution is -2.31. The van der Waals surface area contributed by atoms with Crippen molar-refractivity contribution in [3.8, 4) is 5.69 Å². The number of aromatic carboxylic acids is 1. The standard InChI is InChI=1S/C17H12ClN3O3.C6H9N3O/c18-13-9-5-4-8-12(13)16(22)19-15-10-14(17(23)24)20-21(15)11-6-2-1-3-7-11;1-9-3-2-8-4-5(7)6(9)10/h1-10H,(H,19,22)(H,23,24);2,4H,3,7H2,1H3. The van der Waals surface area contributed by atoms with Gasteiger partial charge in [0.2, 0.25) is 0 Å². The topological polar surface area (TPSA) is 143 Å². The molecule has 0 saturated heterocycles. The highest BCUT2D eigenvalue weighted by molar-refractivity contribution is 6.34. The number of rotatable bonds is 4. The highest BCUT2D eigenvalue weighted by atomic mass is 35.5. The third kappa shape index (κ3) is 5.87. The summed E-state index contributed by atoms with van der Waals surface area (Å²) in [6, 6.07) is 16.8. The molecule has 2 heterocycles. The summed E-state index contributed by atoms with van der Waals surface area (Å²) in [6.45, 7) is 0.524. The Hall–Kier alpha value is -4.44. The largest absolute Gasteiger partial charge is 0.476 e. The maximum absolute atomic E-state index is 12.4. The summed E-state index contributed by atoms with van der Waals surface area (Å²) in [6.07, 6.45) is 3.00. The summed E-state index contributed by atoms with van der Waals surface area (Å²) in [5.74, 6) is -1.56. The quantitative estimate of drug-likeness (QED) is 0.524. The fourth-order valence-electron chi connectivity index (χ4n) is 2.83. The van der Waals surface area contributed by atoms with Crippen LogP contribution >= 0.6 is 11.6 Å². The number of nitrogens with zero attached hydrogens (tertiary/aromatic N) is 4. The molecule has 4 N–H and O–H groups in total. The highest BCUT2D eigenvalue weighted by Crippen LogP contribution is 2.20. The number of hydrogen-bond donors (Lipinski definition) is 3. The van der Waals surface area contributed by atoms with E-state index in [4.69, 9.17) is 22.4 Å². The summed E-state index contributed by atoms with van der Waals surface area (Å²) < 4.78 is 1.36. The fraction of sp³-hybridized carbons (Fsp3) is 0.0870. The van der Waals surface area contributed by atoms with Crippen LogP contribution in [-0.2, 0) is 4.79 Å². The van der Waals surface area contributed by atoms with Gasteiger partial charge in [0.05, 0.1) is 29.0 Å². The lowest BCUT2D eigenvalue weighted by molar-refractivity contribution is -0.125. The van der Waals surface area contributed by atoms with Gasteiger partial charge in [-0.15, -0.1) is 0 Å². The van der Waals surface area contributed by atoms with Crippen LogP contribution in [0.25, 0.3) is 5.69 Å². The number of benzene rings is 2. The molecule has 0 fully saturated rings. The Labute approximate surface area is 200 Å². The number of carboxylic acids is 1. The monoisotopic (exact) mass is 480 g/mol. The predicted molar refractivity (Wildman–Crippen MR) is 128 cm³/mol. The second-order valence-corrected chi connectivity index (χ2v) is 7.41. The van der Waals surface area contributed by atoms with Gasteiger partial charge in [-0.2, -0.15) is 5.10 Å². The van der Waals surface area contributed by atoms with Crippen molar-refractivity contribution in [3.05, 3.63) is 88.8 Å². The minimum atomic E-state index is -1.18. The number of amides is 2. The Bertz CT molecular complexity index is 1270. The molecule has 174 valence electrons. The number of hydrogen-bond acceptors (Lipinski definition) is 6. The Balaban J connectivity index is 0.000000271. The van der Waals surface area contributed by atoms with E-state index in [9.17, 15) is 14.4 Å². The van der Waals surface area contributed by atoms with E-state index < -0.39 is 11.9 Å². The van der Waals surface area contributed by atoms with Gasteiger partial charge in [0.1, 0.15) is 11.5 Å². The molecule has 2 amide bonds. The fourth-order valence-corrected chi connectivity index (χ4v) is 3.05. The third-order valence-corrected chi connectivity index (χ3v) is 4.89. The highest BCUT2D eigenvalue weighted by Gasteiger charge is 2.18. The molecule has 0 bridgehead atoms. The number of likely N-dealkylation sites (N-methyl/N-ethyl adjacent to an activating group) is 1. The first-order chi connectivity index (χ1) is 16.3. The molecule has 10 nitrogen and oxygen atoms in total. The van der Waals surface area contributed by atoms with E-state index in [1.54, 1.807) is 61.8 Å². The number of anilines is 1. The van der Waals surface area contributed by atoms with E-state index in [-0.39, 0.29) is 28.7 Å². The number of aromatic nitrogens is 2. The molecule has 3 aromatic rings. The Kier molecular flexibility index (Phi) is 7.78. The Morgan fingerprint density at radius 1 is 1.12 bits per heavy atom. The van der Waals surface area contributed by atoms with Crippen LogP contribution in [-0.4, -0.2) is 57.4 Å². The van der Waals surface area contributed by atoms with E-state index in [1.807, 2.05) is 6.07 Å². The van der Waals surface area contributed by atoms with Crippen LogP contribution in [0.2, 0.25) is 5.02 Å². The maximum Gasteiger partial charge on any atom is 0.356 e. The molecule has 34 heavy (non-hydrogen) atoms. The number of carbonyl (C=O) groups excluding carboxylic acids is 2. The van der Waals surface area contributed by atoms with Crippen molar-refractivity contribution < 1.29 is 19.5 Å². The molecular formula is C23H21ClN6O4. The Morgan fingerprint density at radius 2 is 1.79 bits per heavy atom. The van der Waals surface area contributed by atoms with E-state index in [2.05, 4.69) is 15.4 Å². The molecule has 1 aromatic heterocycles. The molecule has 0 aliphatic carbocycles. The van der Waals surface area contributed by atoms with Crippen LogP contribution in [0.15, 0.2) is 77.6 Å². The number of halogens is 1. The lowest BCUT2D eigenvalue weighted by Gasteiger charge is -2.11. The molecule has 0 spiro atoms. The molecule has 1 aliphatic rings. The smallest absolute Gasteiger partial charge is 0.356 e. The first kappa shape index (κ1) is 24.2. The van der Waals surface area contributed by atoms with Crippen LogP contribution < -0.4 is 11.1 Å². The lowest BCUT2D eigenvalue weighted by atomic mass is 10.2. The number of carbonyl (C=O) groups is 3. The van der Waals surface area contributed by atoms with Crippen LogP contribution in [0, 0.1) is 0 Å². The van der Waals surface area contributed by atoms with Crippen LogP contribution in [0.4, 0.5) is 5.82 Å². The van der Waals surface area contributed by atoms with Gasteiger partial charge in [0.15, 0.2) is 5.69 Å². The van der Waals surface area contributed by atoms with Gasteiger partial charge in [0, 0.05) is 19.3 Å². The number of para-hydroxylation sites is 1. The van der Waals surface area contributed by atoms with E-state index in [1.165, 1.54) is 21.8 Å². The van der Waals surface area contributed by atoms with Crippen LogP contribution in [0.1, 0.15) is 20.8 Å². The first-order valence-corrected chi connectivity index (χ1v) is 10.3. The van der Waals surface area contributed by atoms with Crippen molar-refractivity contribution in [2.24, 2.45) is 10.7 Å². The molecule has 0 radical (unpaired) electrons. The average molecular weight is 481 g/mol. The van der Waals surface area contributed by atoms with Crippen LogP contribution in [0.3, 0.4) is 0 Å². The molecule has 4 rings (SSSR count). The molecule has 0 saturated carbocycles. The van der Waals surface area contributed by atoms with E-state index in [0.717, 1.165) is 0 Å². The van der Waals surface area contributed by atoms with Gasteiger partial charge in [-0.3, -0.25) is 14.6 Å². The number of carboxylic acid groups (broad SMARTS) is 1. The zero-order chi connectivity index (χ0) is 24.7. The van der Waals surface area contributed by atoms with Crippen molar-refractivity contribution in [3.63, 3.8) is 0 Å². The summed E-state index contributed by atoms with van der Waals surface area (Å²) in [5.41, 5.74) is 6.26. The third-order valence-electron chi connectivity index (χ3n) is 4.56. The van der Waals surface area contributed by atoms with Crippen LogP contribution in [0.5, 0.6) is 0 Å². The molecule has 0 unspecified atom stereocenters. The summed E-state index contributed by atoms with van der Waals surface area (Å²) in [5, 5.41) is 16.1. The van der Waals surface area contributed by atoms with Gasteiger partial charge in [0.25, 0.3) is 11.8 Å². The zero-order valence-electron chi connectivity index (χ0n) is 18.1. The van der Waals surface area contributed by atoms with Gasteiger partial charge in [-0.1, -0.05) is 41.9 Å². The average Bonchev–Trinajstić information content (AvgIpc) is 3.20. The van der Waals surface area contributed by atoms with Crippen molar-refractivity contribution in [2.75, 3.05) is 18.9 Å². The maximum atomic E-state index is 12.4. The minimum Gasteiger partial charge on any atom is -0.476 e. The first-order valence-electron chi connectivity index (χ1n) is 9.95. The molecule has 11 heteroatoms. The second-order valence-electron chi connectivity index (χ2n) is 7.00. The van der Waals surface area contributed by atoms with Gasteiger partial charge in [-0.05, 0) is 24.3 Å². The summed E-state index contributed by atoms with van der Waals surface area (Å²) in [4.78, 5) is 39.9. The molecule has 1 aliphatic heterocycles. The van der Waals surface area contributed by atoms with Crippen molar-refractivity contribution in [1.29, 1.82) is 0 Å². The van der Waals surface area contributed by atoms with E-state index >= 15 is 0 Å². The zero-order valence-corrected chi connectivity index (χ0v) is 18.8. The molecule has 0 atom stereocenters. The molecular weight excluding hydrogens is 460 g/mol. The number of nitrogens with two attached hydrogens (primary N) is 1. The Morgan fingerprint density at radius 3 is 2.47 bits per heavy atom. The number of nitrogens with one attached hydrogen (secondary N) is 1. The molecule has 2 aromatic carbocycles. The van der Waals surface area contributed by atoms with E-state index in [0.29, 0.717) is 17.3 Å². The van der Waals surface area contributed by atoms with Crippen molar-refractivity contribution in [2.45, 2.75) is 0 Å². The number of aliphatic imine (C=N–C) groups is 1. The van der Waals surface area contributed by atoms with Crippen molar-refractivity contribution >= 4 is 41.4 Å². The SMILES string of the molecule is CN1CC=NC=C(N)C1=O.O=C(O)c1cc(NC(=O)c2ccccc2Cl)n(-c2ccccc2)n1. The van der Waals surface area contributed by atoms with Gasteiger partial charge < -0.3 is 21.1 Å². The predicted octanol–water partition coefficient (Wildman–Crippen LogP) is 2.81.